The van der Waals surface area contributed by atoms with Crippen molar-refractivity contribution in [3.8, 4) is 11.6 Å². The van der Waals surface area contributed by atoms with Gasteiger partial charge in [0.2, 0.25) is 0 Å². The molecule has 0 saturated heterocycles. The maximum Gasteiger partial charge on any atom is 0.319 e. The van der Waals surface area contributed by atoms with Crippen LogP contribution in [-0.4, -0.2) is 27.9 Å². The second kappa shape index (κ2) is 7.28. The molecule has 0 fully saturated rings. The zero-order chi connectivity index (χ0) is 16.8. The third-order valence-electron chi connectivity index (χ3n) is 3.36. The summed E-state index contributed by atoms with van der Waals surface area (Å²) in [6.45, 7) is 0.373. The molecular formula is C17H17N5O2. The van der Waals surface area contributed by atoms with Crippen molar-refractivity contribution in [2.24, 2.45) is 0 Å². The van der Waals surface area contributed by atoms with Crippen molar-refractivity contribution in [2.75, 3.05) is 12.4 Å². The van der Waals surface area contributed by atoms with E-state index in [9.17, 15) is 4.79 Å². The van der Waals surface area contributed by atoms with Gasteiger partial charge in [0.1, 0.15) is 5.75 Å². The highest BCUT2D eigenvalue weighted by Crippen LogP contribution is 2.22. The van der Waals surface area contributed by atoms with E-state index in [-0.39, 0.29) is 6.03 Å². The van der Waals surface area contributed by atoms with Crippen LogP contribution in [0.1, 0.15) is 5.56 Å². The number of hydrogen-bond acceptors (Lipinski definition) is 4. The van der Waals surface area contributed by atoms with Gasteiger partial charge in [-0.05, 0) is 35.9 Å². The largest absolute Gasteiger partial charge is 0.495 e. The summed E-state index contributed by atoms with van der Waals surface area (Å²) in [7, 11) is 1.56. The molecule has 3 rings (SSSR count). The summed E-state index contributed by atoms with van der Waals surface area (Å²) in [5.41, 5.74) is 1.54. The minimum Gasteiger partial charge on any atom is -0.495 e. The third-order valence-corrected chi connectivity index (χ3v) is 3.36. The second-order valence-electron chi connectivity index (χ2n) is 4.98. The Morgan fingerprint density at radius 3 is 2.88 bits per heavy atom. The molecule has 0 saturated carbocycles. The fraction of sp³-hybridized carbons (Fsp3) is 0.118. The summed E-state index contributed by atoms with van der Waals surface area (Å²) in [5, 5.41) is 9.71. The molecule has 2 amide bonds. The number of amides is 2. The quantitative estimate of drug-likeness (QED) is 0.756. The van der Waals surface area contributed by atoms with Crippen LogP contribution >= 0.6 is 0 Å². The number of hydrogen-bond donors (Lipinski definition) is 2. The number of carbonyl (C=O) groups is 1. The van der Waals surface area contributed by atoms with E-state index in [0.29, 0.717) is 23.8 Å². The van der Waals surface area contributed by atoms with Gasteiger partial charge >= 0.3 is 6.03 Å². The van der Waals surface area contributed by atoms with Crippen molar-refractivity contribution in [3.05, 3.63) is 66.6 Å². The molecule has 2 aromatic heterocycles. The number of ether oxygens (including phenoxy) is 1. The molecule has 0 aliphatic rings. The summed E-state index contributed by atoms with van der Waals surface area (Å²) in [6.07, 6.45) is 5.19. The Morgan fingerprint density at radius 1 is 1.21 bits per heavy atom. The maximum absolute atomic E-state index is 12.1. The predicted molar refractivity (Wildman–Crippen MR) is 90.2 cm³/mol. The molecular weight excluding hydrogens is 306 g/mol. The van der Waals surface area contributed by atoms with Crippen molar-refractivity contribution < 1.29 is 9.53 Å². The van der Waals surface area contributed by atoms with Crippen molar-refractivity contribution in [1.29, 1.82) is 0 Å². The number of carbonyl (C=O) groups excluding carboxylic acids is 1. The fourth-order valence-electron chi connectivity index (χ4n) is 2.20. The highest BCUT2D eigenvalue weighted by Gasteiger charge is 2.07. The first-order valence-electron chi connectivity index (χ1n) is 7.39. The van der Waals surface area contributed by atoms with Crippen LogP contribution in [0.4, 0.5) is 10.5 Å². The Kier molecular flexibility index (Phi) is 4.71. The lowest BCUT2D eigenvalue weighted by Gasteiger charge is -2.11. The van der Waals surface area contributed by atoms with Crippen molar-refractivity contribution in [2.45, 2.75) is 6.54 Å². The SMILES string of the molecule is COc1ccccc1NC(=O)NCc1ccnc(-n2cccn2)c1. The van der Waals surface area contributed by atoms with E-state index in [0.717, 1.165) is 5.56 Å². The lowest BCUT2D eigenvalue weighted by Crippen LogP contribution is -2.28. The standard InChI is InChI=1S/C17H17N5O2/c1-24-15-6-3-2-5-14(15)21-17(23)19-12-13-7-9-18-16(11-13)22-10-4-8-20-22/h2-11H,12H2,1H3,(H2,19,21,23). The van der Waals surface area contributed by atoms with Crippen molar-refractivity contribution in [3.63, 3.8) is 0 Å². The molecule has 0 unspecified atom stereocenters. The molecule has 7 heteroatoms. The maximum atomic E-state index is 12.1. The van der Waals surface area contributed by atoms with Crippen LogP contribution in [0.5, 0.6) is 5.75 Å². The van der Waals surface area contributed by atoms with Gasteiger partial charge < -0.3 is 15.4 Å². The van der Waals surface area contributed by atoms with Gasteiger partial charge in [0, 0.05) is 25.1 Å². The van der Waals surface area contributed by atoms with Gasteiger partial charge in [0.25, 0.3) is 0 Å². The van der Waals surface area contributed by atoms with Crippen LogP contribution in [0.3, 0.4) is 0 Å². The molecule has 2 N–H and O–H groups in total. The summed E-state index contributed by atoms with van der Waals surface area (Å²) < 4.78 is 6.87. The minimum absolute atomic E-state index is 0.308. The van der Waals surface area contributed by atoms with E-state index in [1.807, 2.05) is 36.5 Å². The summed E-state index contributed by atoms with van der Waals surface area (Å²) in [4.78, 5) is 16.3. The summed E-state index contributed by atoms with van der Waals surface area (Å²) >= 11 is 0. The normalized spacial score (nSPS) is 10.2. The fourth-order valence-corrected chi connectivity index (χ4v) is 2.20. The van der Waals surface area contributed by atoms with E-state index in [1.54, 1.807) is 36.3 Å². The number of methoxy groups -OCH3 is 1. The topological polar surface area (TPSA) is 81.1 Å². The van der Waals surface area contributed by atoms with E-state index in [1.165, 1.54) is 0 Å². The van der Waals surface area contributed by atoms with E-state index >= 15 is 0 Å². The molecule has 24 heavy (non-hydrogen) atoms. The average molecular weight is 323 g/mol. The lowest BCUT2D eigenvalue weighted by molar-refractivity contribution is 0.251. The van der Waals surface area contributed by atoms with E-state index in [4.69, 9.17) is 4.74 Å². The minimum atomic E-state index is -0.308. The van der Waals surface area contributed by atoms with Crippen LogP contribution in [-0.2, 0) is 6.54 Å². The first kappa shape index (κ1) is 15.5. The van der Waals surface area contributed by atoms with Gasteiger partial charge in [0.05, 0.1) is 12.8 Å². The van der Waals surface area contributed by atoms with Gasteiger partial charge in [-0.3, -0.25) is 0 Å². The second-order valence-corrected chi connectivity index (χ2v) is 4.98. The molecule has 122 valence electrons. The van der Waals surface area contributed by atoms with E-state index < -0.39 is 0 Å². The average Bonchev–Trinajstić information content (AvgIpc) is 3.15. The van der Waals surface area contributed by atoms with Crippen LogP contribution < -0.4 is 15.4 Å². The molecule has 0 aliphatic heterocycles. The first-order chi connectivity index (χ1) is 11.8. The first-order valence-corrected chi connectivity index (χ1v) is 7.39. The monoisotopic (exact) mass is 323 g/mol. The Labute approximate surface area is 139 Å². The molecule has 0 atom stereocenters. The van der Waals surface area contributed by atoms with Gasteiger partial charge in [-0.25, -0.2) is 14.5 Å². The molecule has 1 aromatic carbocycles. The Bertz CT molecular complexity index is 817. The number of benzene rings is 1. The van der Waals surface area contributed by atoms with Gasteiger partial charge in [-0.1, -0.05) is 12.1 Å². The van der Waals surface area contributed by atoms with Crippen molar-refractivity contribution >= 4 is 11.7 Å². The molecule has 0 spiro atoms. The van der Waals surface area contributed by atoms with Gasteiger partial charge in [0.15, 0.2) is 5.82 Å². The van der Waals surface area contributed by atoms with Gasteiger partial charge in [-0.15, -0.1) is 0 Å². The van der Waals surface area contributed by atoms with Crippen LogP contribution in [0.2, 0.25) is 0 Å². The molecule has 0 radical (unpaired) electrons. The molecule has 3 aromatic rings. The number of nitrogens with zero attached hydrogens (tertiary/aromatic N) is 3. The number of pyridine rings is 1. The zero-order valence-electron chi connectivity index (χ0n) is 13.1. The highest BCUT2D eigenvalue weighted by molar-refractivity contribution is 5.90. The number of rotatable bonds is 5. The Hall–Kier alpha value is -3.35. The lowest BCUT2D eigenvalue weighted by atomic mass is 10.2. The Balaban J connectivity index is 1.61. The summed E-state index contributed by atoms with van der Waals surface area (Å²) in [5.74, 6) is 1.31. The number of nitrogens with one attached hydrogen (secondary N) is 2. The van der Waals surface area contributed by atoms with E-state index in [2.05, 4.69) is 20.7 Å². The number of urea groups is 1. The van der Waals surface area contributed by atoms with Crippen LogP contribution in [0.15, 0.2) is 61.1 Å². The molecule has 0 bridgehead atoms. The number of anilines is 1. The zero-order valence-corrected chi connectivity index (χ0v) is 13.1. The van der Waals surface area contributed by atoms with Crippen molar-refractivity contribution in [1.82, 2.24) is 20.1 Å². The number of aromatic nitrogens is 3. The molecule has 0 aliphatic carbocycles. The Morgan fingerprint density at radius 2 is 2.08 bits per heavy atom. The van der Waals surface area contributed by atoms with Crippen LogP contribution in [0, 0.1) is 0 Å². The molecule has 2 heterocycles. The van der Waals surface area contributed by atoms with Crippen LogP contribution in [0.25, 0.3) is 5.82 Å². The van der Waals surface area contributed by atoms with Gasteiger partial charge in [-0.2, -0.15) is 5.10 Å². The predicted octanol–water partition coefficient (Wildman–Crippen LogP) is 2.60. The molecule has 7 nitrogen and oxygen atoms in total. The third kappa shape index (κ3) is 3.70. The smallest absolute Gasteiger partial charge is 0.319 e. The number of para-hydroxylation sites is 2. The highest BCUT2D eigenvalue weighted by atomic mass is 16.5. The summed E-state index contributed by atoms with van der Waals surface area (Å²) in [6, 6.07) is 12.5.